The van der Waals surface area contributed by atoms with Gasteiger partial charge in [-0.2, -0.15) is 4.31 Å². The SMILES string of the molecule is COc1ccccc1C(C)NC(=O)c1cc(S(=O)(=O)N2CCOCC2)ccc1N1CCOCC1. The lowest BCUT2D eigenvalue weighted by Gasteiger charge is -2.31. The Labute approximate surface area is 200 Å². The van der Waals surface area contributed by atoms with Crippen LogP contribution in [0.3, 0.4) is 0 Å². The van der Waals surface area contributed by atoms with Gasteiger partial charge in [-0.3, -0.25) is 4.79 Å². The molecule has 2 fully saturated rings. The largest absolute Gasteiger partial charge is 0.496 e. The van der Waals surface area contributed by atoms with Crippen LogP contribution >= 0.6 is 0 Å². The maximum Gasteiger partial charge on any atom is 0.253 e. The highest BCUT2D eigenvalue weighted by atomic mass is 32.2. The first kappa shape index (κ1) is 24.5. The molecule has 0 aromatic heterocycles. The first-order chi connectivity index (χ1) is 16.4. The standard InChI is InChI=1S/C24H31N3O6S/c1-18(20-5-3-4-6-23(20)31-2)25-24(28)21-17-19(34(29,30)27-11-15-33-16-12-27)7-8-22(21)26-9-13-32-14-10-26/h3-8,17-18H,9-16H2,1-2H3,(H,25,28). The minimum atomic E-state index is -3.75. The molecule has 34 heavy (non-hydrogen) atoms. The molecular formula is C24H31N3O6S. The van der Waals surface area contributed by atoms with Crippen molar-refractivity contribution < 1.29 is 27.4 Å². The molecule has 1 unspecified atom stereocenters. The Morgan fingerprint density at radius 2 is 1.65 bits per heavy atom. The van der Waals surface area contributed by atoms with E-state index in [1.807, 2.05) is 31.2 Å². The second kappa shape index (κ2) is 10.7. The topological polar surface area (TPSA) is 97.4 Å². The highest BCUT2D eigenvalue weighted by Crippen LogP contribution is 2.29. The number of sulfonamides is 1. The van der Waals surface area contributed by atoms with Crippen LogP contribution in [-0.2, 0) is 19.5 Å². The van der Waals surface area contributed by atoms with Crippen molar-refractivity contribution in [1.29, 1.82) is 0 Å². The fourth-order valence-electron chi connectivity index (χ4n) is 4.25. The summed E-state index contributed by atoms with van der Waals surface area (Å²) in [6.07, 6.45) is 0. The number of amides is 1. The molecule has 0 aliphatic carbocycles. The van der Waals surface area contributed by atoms with Gasteiger partial charge in [0.05, 0.1) is 50.0 Å². The molecule has 4 rings (SSSR count). The summed E-state index contributed by atoms with van der Waals surface area (Å²) in [4.78, 5) is 15.7. The maximum atomic E-state index is 13.5. The van der Waals surface area contributed by atoms with Crippen molar-refractivity contribution in [2.45, 2.75) is 17.9 Å². The van der Waals surface area contributed by atoms with Crippen LogP contribution < -0.4 is 15.0 Å². The molecule has 1 N–H and O–H groups in total. The van der Waals surface area contributed by atoms with E-state index in [0.29, 0.717) is 69.6 Å². The maximum absolute atomic E-state index is 13.5. The second-order valence-electron chi connectivity index (χ2n) is 8.23. The Morgan fingerprint density at radius 3 is 2.32 bits per heavy atom. The van der Waals surface area contributed by atoms with Crippen molar-refractivity contribution in [2.24, 2.45) is 0 Å². The van der Waals surface area contributed by atoms with Crippen molar-refractivity contribution in [3.05, 3.63) is 53.6 Å². The van der Waals surface area contributed by atoms with E-state index in [1.165, 1.54) is 10.4 Å². The Morgan fingerprint density at radius 1 is 1.00 bits per heavy atom. The monoisotopic (exact) mass is 489 g/mol. The second-order valence-corrected chi connectivity index (χ2v) is 10.2. The molecule has 0 bridgehead atoms. The van der Waals surface area contributed by atoms with Gasteiger partial charge in [0.2, 0.25) is 10.0 Å². The van der Waals surface area contributed by atoms with Crippen molar-refractivity contribution >= 4 is 21.6 Å². The van der Waals surface area contributed by atoms with Crippen LogP contribution in [0, 0.1) is 0 Å². The van der Waals surface area contributed by atoms with Gasteiger partial charge in [0, 0.05) is 37.4 Å². The van der Waals surface area contributed by atoms with E-state index in [1.54, 1.807) is 19.2 Å². The molecule has 2 aromatic rings. The van der Waals surface area contributed by atoms with Crippen LogP contribution in [0.15, 0.2) is 47.4 Å². The number of rotatable bonds is 7. The number of hydrogen-bond donors (Lipinski definition) is 1. The first-order valence-corrected chi connectivity index (χ1v) is 12.8. The molecule has 2 aromatic carbocycles. The highest BCUT2D eigenvalue weighted by molar-refractivity contribution is 7.89. The van der Waals surface area contributed by atoms with Crippen molar-refractivity contribution in [3.8, 4) is 5.75 Å². The Balaban J connectivity index is 1.67. The third kappa shape index (κ3) is 5.20. The van der Waals surface area contributed by atoms with Crippen molar-refractivity contribution in [2.75, 3.05) is 64.6 Å². The number of methoxy groups -OCH3 is 1. The van der Waals surface area contributed by atoms with Crippen molar-refractivity contribution in [3.63, 3.8) is 0 Å². The lowest BCUT2D eigenvalue weighted by atomic mass is 10.1. The lowest BCUT2D eigenvalue weighted by molar-refractivity contribution is 0.0730. The molecule has 2 saturated heterocycles. The summed E-state index contributed by atoms with van der Waals surface area (Å²) in [5.41, 5.74) is 1.84. The summed E-state index contributed by atoms with van der Waals surface area (Å²) in [5.74, 6) is 0.325. The van der Waals surface area contributed by atoms with E-state index < -0.39 is 10.0 Å². The fourth-order valence-corrected chi connectivity index (χ4v) is 5.68. The van der Waals surface area contributed by atoms with Gasteiger partial charge in [-0.1, -0.05) is 18.2 Å². The van der Waals surface area contributed by atoms with E-state index in [9.17, 15) is 13.2 Å². The molecule has 0 saturated carbocycles. The van der Waals surface area contributed by atoms with Gasteiger partial charge in [-0.25, -0.2) is 8.42 Å². The van der Waals surface area contributed by atoms with Crippen LogP contribution in [0.2, 0.25) is 0 Å². The average Bonchev–Trinajstić information content (AvgIpc) is 2.89. The molecule has 9 nitrogen and oxygen atoms in total. The van der Waals surface area contributed by atoms with Gasteiger partial charge in [0.1, 0.15) is 5.75 Å². The number of ether oxygens (including phenoxy) is 3. The summed E-state index contributed by atoms with van der Waals surface area (Å²) in [7, 11) is -2.16. The van der Waals surface area contributed by atoms with Gasteiger partial charge in [0.25, 0.3) is 5.91 Å². The highest BCUT2D eigenvalue weighted by Gasteiger charge is 2.29. The predicted molar refractivity (Wildman–Crippen MR) is 128 cm³/mol. The quantitative estimate of drug-likeness (QED) is 0.636. The number of nitrogens with zero attached hydrogens (tertiary/aromatic N) is 2. The Bertz CT molecular complexity index is 1110. The number of carbonyl (C=O) groups is 1. The van der Waals surface area contributed by atoms with E-state index >= 15 is 0 Å². The third-order valence-electron chi connectivity index (χ3n) is 6.13. The number of carbonyl (C=O) groups excluding carboxylic acids is 1. The molecule has 2 heterocycles. The normalized spacial score (nSPS) is 18.4. The Kier molecular flexibility index (Phi) is 7.72. The van der Waals surface area contributed by atoms with Gasteiger partial charge in [-0.05, 0) is 31.2 Å². The molecule has 0 radical (unpaired) electrons. The Hall–Kier alpha value is -2.66. The van der Waals surface area contributed by atoms with Crippen molar-refractivity contribution in [1.82, 2.24) is 9.62 Å². The molecule has 2 aliphatic heterocycles. The third-order valence-corrected chi connectivity index (χ3v) is 8.02. The molecule has 1 amide bonds. The van der Waals surface area contributed by atoms with E-state index in [-0.39, 0.29) is 16.8 Å². The number of para-hydroxylation sites is 1. The van der Waals surface area contributed by atoms with E-state index in [4.69, 9.17) is 14.2 Å². The number of benzene rings is 2. The van der Waals surface area contributed by atoms with Crippen LogP contribution in [-0.4, -0.2) is 78.3 Å². The minimum Gasteiger partial charge on any atom is -0.496 e. The van der Waals surface area contributed by atoms with Gasteiger partial charge < -0.3 is 24.4 Å². The molecular weight excluding hydrogens is 458 g/mol. The van der Waals surface area contributed by atoms with Gasteiger partial charge in [-0.15, -0.1) is 0 Å². The molecule has 1 atom stereocenters. The van der Waals surface area contributed by atoms with E-state index in [0.717, 1.165) is 5.56 Å². The van der Waals surface area contributed by atoms with E-state index in [2.05, 4.69) is 10.2 Å². The minimum absolute atomic E-state index is 0.0986. The summed E-state index contributed by atoms with van der Waals surface area (Å²) >= 11 is 0. The number of morpholine rings is 2. The summed E-state index contributed by atoms with van der Waals surface area (Å²) in [5, 5.41) is 3.02. The molecule has 184 valence electrons. The fraction of sp³-hybridized carbons (Fsp3) is 0.458. The number of hydrogen-bond acceptors (Lipinski definition) is 7. The summed E-state index contributed by atoms with van der Waals surface area (Å²) in [6.45, 7) is 5.51. The summed E-state index contributed by atoms with van der Waals surface area (Å²) < 4.78 is 44.1. The van der Waals surface area contributed by atoms with Crippen LogP contribution in [0.25, 0.3) is 0 Å². The van der Waals surface area contributed by atoms with Crippen LogP contribution in [0.1, 0.15) is 28.9 Å². The summed E-state index contributed by atoms with van der Waals surface area (Å²) in [6, 6.07) is 11.9. The van der Waals surface area contributed by atoms with Gasteiger partial charge >= 0.3 is 0 Å². The molecule has 10 heteroatoms. The number of anilines is 1. The molecule has 2 aliphatic rings. The van der Waals surface area contributed by atoms with Crippen LogP contribution in [0.4, 0.5) is 5.69 Å². The molecule has 0 spiro atoms. The zero-order valence-corrected chi connectivity index (χ0v) is 20.3. The predicted octanol–water partition coefficient (Wildman–Crippen LogP) is 2.04. The first-order valence-electron chi connectivity index (χ1n) is 11.4. The smallest absolute Gasteiger partial charge is 0.253 e. The zero-order chi connectivity index (χ0) is 24.1. The lowest BCUT2D eigenvalue weighted by Crippen LogP contribution is -2.41. The number of nitrogens with one attached hydrogen (secondary N) is 1. The van der Waals surface area contributed by atoms with Gasteiger partial charge in [0.15, 0.2) is 0 Å². The van der Waals surface area contributed by atoms with Crippen LogP contribution in [0.5, 0.6) is 5.75 Å². The average molecular weight is 490 g/mol. The zero-order valence-electron chi connectivity index (χ0n) is 19.5.